The van der Waals surface area contributed by atoms with E-state index in [1.54, 1.807) is 19.2 Å². The molecule has 5 nitrogen and oxygen atoms in total. The van der Waals surface area contributed by atoms with Crippen LogP contribution in [0.15, 0.2) is 12.1 Å². The molecule has 110 valence electrons. The summed E-state index contributed by atoms with van der Waals surface area (Å²) in [6.45, 7) is 5.81. The summed E-state index contributed by atoms with van der Waals surface area (Å²) in [6, 6.07) is 3.30. The number of hydrogen-bond donors (Lipinski definition) is 1. The SMILES string of the molecule is CCc1cc(C(=O)O)cc(N2CCC(C)C(OC)C2)n1. The molecule has 0 amide bonds. The molecule has 0 saturated carbocycles. The fourth-order valence-electron chi connectivity index (χ4n) is 2.59. The van der Waals surface area contributed by atoms with Crippen LogP contribution >= 0.6 is 0 Å². The molecule has 1 aromatic rings. The first-order chi connectivity index (χ1) is 9.55. The standard InChI is InChI=1S/C15H22N2O3/c1-4-12-7-11(15(18)19)8-14(16-12)17-6-5-10(2)13(9-17)20-3/h7-8,10,13H,4-6,9H2,1-3H3,(H,18,19). The molecule has 1 aliphatic heterocycles. The number of hydrogen-bond acceptors (Lipinski definition) is 4. The van der Waals surface area contributed by atoms with Gasteiger partial charge in [0.2, 0.25) is 0 Å². The highest BCUT2D eigenvalue weighted by Gasteiger charge is 2.27. The van der Waals surface area contributed by atoms with E-state index in [2.05, 4.69) is 16.8 Å². The summed E-state index contributed by atoms with van der Waals surface area (Å²) in [5.74, 6) is 0.359. The maximum absolute atomic E-state index is 11.2. The number of methoxy groups -OCH3 is 1. The third-order valence-electron chi connectivity index (χ3n) is 3.99. The molecule has 2 rings (SSSR count). The van der Waals surface area contributed by atoms with E-state index in [9.17, 15) is 9.90 Å². The largest absolute Gasteiger partial charge is 0.478 e. The Labute approximate surface area is 119 Å². The molecule has 0 aromatic carbocycles. The van der Waals surface area contributed by atoms with Crippen molar-refractivity contribution in [3.05, 3.63) is 23.4 Å². The highest BCUT2D eigenvalue weighted by molar-refractivity contribution is 5.88. The predicted molar refractivity (Wildman–Crippen MR) is 77.4 cm³/mol. The van der Waals surface area contributed by atoms with Crippen molar-refractivity contribution in [2.24, 2.45) is 5.92 Å². The summed E-state index contributed by atoms with van der Waals surface area (Å²) >= 11 is 0. The molecule has 5 heteroatoms. The quantitative estimate of drug-likeness (QED) is 0.915. The molecule has 0 bridgehead atoms. The molecule has 1 fully saturated rings. The van der Waals surface area contributed by atoms with Gasteiger partial charge in [-0.05, 0) is 30.9 Å². The predicted octanol–water partition coefficient (Wildman–Crippen LogP) is 2.20. The third kappa shape index (κ3) is 3.10. The number of carboxylic acids is 1. The first kappa shape index (κ1) is 14.8. The second kappa shape index (κ2) is 6.22. The molecule has 2 heterocycles. The minimum atomic E-state index is -0.906. The van der Waals surface area contributed by atoms with Gasteiger partial charge < -0.3 is 14.7 Å². The van der Waals surface area contributed by atoms with E-state index in [0.29, 0.717) is 11.5 Å². The van der Waals surface area contributed by atoms with Crippen molar-refractivity contribution in [3.63, 3.8) is 0 Å². The number of pyridine rings is 1. The van der Waals surface area contributed by atoms with Crippen LogP contribution in [0.5, 0.6) is 0 Å². The topological polar surface area (TPSA) is 62.7 Å². The Kier molecular flexibility index (Phi) is 4.60. The van der Waals surface area contributed by atoms with E-state index in [1.807, 2.05) is 6.92 Å². The Morgan fingerprint density at radius 1 is 1.55 bits per heavy atom. The lowest BCUT2D eigenvalue weighted by Gasteiger charge is -2.37. The number of aryl methyl sites for hydroxylation is 1. The minimum Gasteiger partial charge on any atom is -0.478 e. The Balaban J connectivity index is 2.27. The van der Waals surface area contributed by atoms with Crippen molar-refractivity contribution in [2.45, 2.75) is 32.8 Å². The number of carbonyl (C=O) groups is 1. The summed E-state index contributed by atoms with van der Waals surface area (Å²) in [6.07, 6.45) is 1.93. The van der Waals surface area contributed by atoms with Gasteiger partial charge in [-0.15, -0.1) is 0 Å². The molecular formula is C15H22N2O3. The van der Waals surface area contributed by atoms with Crippen molar-refractivity contribution in [1.82, 2.24) is 4.98 Å². The summed E-state index contributed by atoms with van der Waals surface area (Å²) in [5, 5.41) is 9.20. The normalized spacial score (nSPS) is 22.9. The summed E-state index contributed by atoms with van der Waals surface area (Å²) < 4.78 is 5.50. The van der Waals surface area contributed by atoms with E-state index >= 15 is 0 Å². The number of ether oxygens (including phenoxy) is 1. The van der Waals surface area contributed by atoms with Gasteiger partial charge in [0.05, 0.1) is 11.7 Å². The molecule has 2 atom stereocenters. The maximum atomic E-state index is 11.2. The zero-order valence-electron chi connectivity index (χ0n) is 12.3. The van der Waals surface area contributed by atoms with Crippen LogP contribution in [0.4, 0.5) is 5.82 Å². The maximum Gasteiger partial charge on any atom is 0.335 e. The monoisotopic (exact) mass is 278 g/mol. The molecule has 20 heavy (non-hydrogen) atoms. The molecule has 1 N–H and O–H groups in total. The minimum absolute atomic E-state index is 0.170. The first-order valence-electron chi connectivity index (χ1n) is 7.07. The van der Waals surface area contributed by atoms with E-state index in [0.717, 1.165) is 37.4 Å². The van der Waals surface area contributed by atoms with Crippen molar-refractivity contribution >= 4 is 11.8 Å². The molecule has 2 unspecified atom stereocenters. The van der Waals surface area contributed by atoms with Crippen molar-refractivity contribution in [3.8, 4) is 0 Å². The van der Waals surface area contributed by atoms with E-state index in [1.165, 1.54) is 0 Å². The summed E-state index contributed by atoms with van der Waals surface area (Å²) in [5.41, 5.74) is 1.12. The smallest absolute Gasteiger partial charge is 0.335 e. The Hall–Kier alpha value is -1.62. The molecule has 0 radical (unpaired) electrons. The van der Waals surface area contributed by atoms with Gasteiger partial charge in [0.25, 0.3) is 0 Å². The summed E-state index contributed by atoms with van der Waals surface area (Å²) in [4.78, 5) is 17.9. The highest BCUT2D eigenvalue weighted by Crippen LogP contribution is 2.24. The van der Waals surface area contributed by atoms with Gasteiger partial charge in [-0.1, -0.05) is 13.8 Å². The van der Waals surface area contributed by atoms with E-state index in [4.69, 9.17) is 4.74 Å². The number of aromatic nitrogens is 1. The number of nitrogens with zero attached hydrogens (tertiary/aromatic N) is 2. The lowest BCUT2D eigenvalue weighted by Crippen LogP contribution is -2.44. The zero-order chi connectivity index (χ0) is 14.7. The number of anilines is 1. The second-order valence-electron chi connectivity index (χ2n) is 5.35. The van der Waals surface area contributed by atoms with Gasteiger partial charge in [-0.25, -0.2) is 9.78 Å². The van der Waals surface area contributed by atoms with Crippen LogP contribution in [0.2, 0.25) is 0 Å². The Morgan fingerprint density at radius 3 is 2.90 bits per heavy atom. The average molecular weight is 278 g/mol. The molecule has 1 aromatic heterocycles. The lowest BCUT2D eigenvalue weighted by atomic mass is 9.96. The second-order valence-corrected chi connectivity index (χ2v) is 5.35. The zero-order valence-corrected chi connectivity index (χ0v) is 12.3. The first-order valence-corrected chi connectivity index (χ1v) is 7.07. The van der Waals surface area contributed by atoms with Gasteiger partial charge in [-0.3, -0.25) is 0 Å². The number of piperidine rings is 1. The van der Waals surface area contributed by atoms with Crippen molar-refractivity contribution < 1.29 is 14.6 Å². The highest BCUT2D eigenvalue weighted by atomic mass is 16.5. The summed E-state index contributed by atoms with van der Waals surface area (Å²) in [7, 11) is 1.73. The van der Waals surface area contributed by atoms with E-state index in [-0.39, 0.29) is 6.10 Å². The van der Waals surface area contributed by atoms with Crippen LogP contribution in [-0.2, 0) is 11.2 Å². The van der Waals surface area contributed by atoms with Crippen molar-refractivity contribution in [1.29, 1.82) is 0 Å². The number of aromatic carboxylic acids is 1. The van der Waals surface area contributed by atoms with Crippen LogP contribution < -0.4 is 4.90 Å². The van der Waals surface area contributed by atoms with Gasteiger partial charge in [-0.2, -0.15) is 0 Å². The van der Waals surface area contributed by atoms with Crippen molar-refractivity contribution in [2.75, 3.05) is 25.1 Å². The van der Waals surface area contributed by atoms with Gasteiger partial charge in [0.15, 0.2) is 0 Å². The lowest BCUT2D eigenvalue weighted by molar-refractivity contribution is 0.0496. The average Bonchev–Trinajstić information content (AvgIpc) is 2.47. The van der Waals surface area contributed by atoms with Crippen LogP contribution in [0.3, 0.4) is 0 Å². The van der Waals surface area contributed by atoms with E-state index < -0.39 is 5.97 Å². The molecule has 0 spiro atoms. The molecular weight excluding hydrogens is 256 g/mol. The van der Waals surface area contributed by atoms with Gasteiger partial charge >= 0.3 is 5.97 Å². The van der Waals surface area contributed by atoms with Gasteiger partial charge in [0, 0.05) is 25.9 Å². The Bertz CT molecular complexity index is 490. The third-order valence-corrected chi connectivity index (χ3v) is 3.99. The van der Waals surface area contributed by atoms with Crippen LogP contribution in [0.25, 0.3) is 0 Å². The molecule has 0 aliphatic carbocycles. The fourth-order valence-corrected chi connectivity index (χ4v) is 2.59. The number of carboxylic acid groups (broad SMARTS) is 1. The van der Waals surface area contributed by atoms with Crippen LogP contribution in [-0.4, -0.2) is 42.4 Å². The molecule has 1 aliphatic rings. The van der Waals surface area contributed by atoms with Crippen LogP contribution in [0, 0.1) is 5.92 Å². The molecule has 1 saturated heterocycles. The Morgan fingerprint density at radius 2 is 2.30 bits per heavy atom. The van der Waals surface area contributed by atoms with Crippen LogP contribution in [0.1, 0.15) is 36.3 Å². The number of rotatable bonds is 4. The fraction of sp³-hybridized carbons (Fsp3) is 0.600. The van der Waals surface area contributed by atoms with Gasteiger partial charge in [0.1, 0.15) is 5.82 Å².